The zero-order valence-electron chi connectivity index (χ0n) is 14.9. The van der Waals surface area contributed by atoms with Gasteiger partial charge in [0, 0.05) is 0 Å². The molecule has 1 saturated heterocycles. The number of carbonyl (C=O) groups excluding carboxylic acids is 2. The van der Waals surface area contributed by atoms with Crippen LogP contribution < -0.4 is 19.7 Å². The normalized spacial score (nSPS) is 15.6. The molecule has 1 heterocycles. The van der Waals surface area contributed by atoms with Gasteiger partial charge < -0.3 is 14.6 Å². The maximum absolute atomic E-state index is 13.6. The number of benzene rings is 2. The van der Waals surface area contributed by atoms with E-state index in [9.17, 15) is 19.1 Å². The van der Waals surface area contributed by atoms with Crippen molar-refractivity contribution in [3.8, 4) is 17.2 Å². The van der Waals surface area contributed by atoms with Gasteiger partial charge in [-0.3, -0.25) is 19.8 Å². The molecule has 9 heteroatoms. The van der Waals surface area contributed by atoms with Crippen LogP contribution in [-0.4, -0.2) is 36.3 Å². The molecular weight excluding hydrogens is 387 g/mol. The Bertz CT molecular complexity index is 996. The summed E-state index contributed by atoms with van der Waals surface area (Å²) in [5.41, 5.74) is 0.325. The predicted molar refractivity (Wildman–Crippen MR) is 104 cm³/mol. The van der Waals surface area contributed by atoms with E-state index < -0.39 is 17.6 Å². The minimum Gasteiger partial charge on any atom is -0.502 e. The molecule has 2 aromatic rings. The number of anilines is 1. The van der Waals surface area contributed by atoms with E-state index in [2.05, 4.69) is 5.32 Å². The standard InChI is InChI=1S/C19H15FN2O5S/c1-26-14-7-10(8-15(27-2)16(14)23)6-13-17(24)21-19(28)22(18(13)25)12-5-3-4-11(20)9-12/h3-9,23H,1-2H3,(H,21,24,28)/b13-6+. The van der Waals surface area contributed by atoms with Gasteiger partial charge in [0.05, 0.1) is 19.9 Å². The van der Waals surface area contributed by atoms with Crippen LogP contribution in [0.3, 0.4) is 0 Å². The van der Waals surface area contributed by atoms with E-state index in [1.807, 2.05) is 0 Å². The number of carbonyl (C=O) groups is 2. The highest BCUT2D eigenvalue weighted by Gasteiger charge is 2.34. The first-order valence-electron chi connectivity index (χ1n) is 7.97. The van der Waals surface area contributed by atoms with Crippen molar-refractivity contribution in [2.24, 2.45) is 0 Å². The summed E-state index contributed by atoms with van der Waals surface area (Å²) in [5.74, 6) is -1.98. The molecule has 144 valence electrons. The zero-order valence-corrected chi connectivity index (χ0v) is 15.7. The Morgan fingerprint density at radius 3 is 2.36 bits per heavy atom. The van der Waals surface area contributed by atoms with Crippen molar-refractivity contribution in [1.82, 2.24) is 5.32 Å². The number of rotatable bonds is 4. The van der Waals surface area contributed by atoms with Crippen molar-refractivity contribution in [3.05, 3.63) is 53.4 Å². The van der Waals surface area contributed by atoms with Crippen molar-refractivity contribution in [2.75, 3.05) is 19.1 Å². The molecule has 1 aliphatic rings. The molecule has 0 aliphatic carbocycles. The molecule has 0 saturated carbocycles. The maximum atomic E-state index is 13.6. The lowest BCUT2D eigenvalue weighted by Crippen LogP contribution is -2.54. The summed E-state index contributed by atoms with van der Waals surface area (Å²) in [7, 11) is 2.71. The van der Waals surface area contributed by atoms with E-state index >= 15 is 0 Å². The molecule has 2 amide bonds. The lowest BCUT2D eigenvalue weighted by atomic mass is 10.1. The first kappa shape index (κ1) is 19.3. The van der Waals surface area contributed by atoms with Gasteiger partial charge in [-0.1, -0.05) is 6.07 Å². The lowest BCUT2D eigenvalue weighted by Gasteiger charge is -2.29. The number of aromatic hydroxyl groups is 1. The van der Waals surface area contributed by atoms with Gasteiger partial charge in [-0.2, -0.15) is 0 Å². The Morgan fingerprint density at radius 1 is 1.14 bits per heavy atom. The number of phenols is 1. The highest BCUT2D eigenvalue weighted by molar-refractivity contribution is 7.80. The van der Waals surface area contributed by atoms with Crippen molar-refractivity contribution >= 4 is 40.9 Å². The van der Waals surface area contributed by atoms with Gasteiger partial charge in [-0.25, -0.2) is 4.39 Å². The molecule has 28 heavy (non-hydrogen) atoms. The SMILES string of the molecule is COc1cc(/C=C2\C(=O)NC(=S)N(c3cccc(F)c3)C2=O)cc(OC)c1O. The first-order valence-corrected chi connectivity index (χ1v) is 8.38. The van der Waals surface area contributed by atoms with Gasteiger partial charge in [-0.15, -0.1) is 0 Å². The lowest BCUT2D eigenvalue weighted by molar-refractivity contribution is -0.122. The molecule has 1 fully saturated rings. The first-order chi connectivity index (χ1) is 13.3. The zero-order chi connectivity index (χ0) is 20.4. The number of ether oxygens (including phenoxy) is 2. The van der Waals surface area contributed by atoms with Crippen LogP contribution in [-0.2, 0) is 9.59 Å². The van der Waals surface area contributed by atoms with Gasteiger partial charge in [0.25, 0.3) is 11.8 Å². The van der Waals surface area contributed by atoms with Gasteiger partial charge in [0.1, 0.15) is 11.4 Å². The number of halogens is 1. The quantitative estimate of drug-likeness (QED) is 0.464. The van der Waals surface area contributed by atoms with E-state index in [1.54, 1.807) is 0 Å². The van der Waals surface area contributed by atoms with Crippen LogP contribution in [0.15, 0.2) is 42.0 Å². The van der Waals surface area contributed by atoms with Gasteiger partial charge in [0.15, 0.2) is 16.6 Å². The molecule has 2 aromatic carbocycles. The van der Waals surface area contributed by atoms with Crippen LogP contribution in [0, 0.1) is 5.82 Å². The fraction of sp³-hybridized carbons (Fsp3) is 0.105. The van der Waals surface area contributed by atoms with E-state index in [0.717, 1.165) is 11.0 Å². The molecular formula is C19H15FN2O5S. The molecule has 0 unspecified atom stereocenters. The minimum absolute atomic E-state index is 0.104. The smallest absolute Gasteiger partial charge is 0.270 e. The summed E-state index contributed by atoms with van der Waals surface area (Å²) >= 11 is 5.07. The third-order valence-electron chi connectivity index (χ3n) is 3.98. The molecule has 1 aliphatic heterocycles. The number of nitrogens with one attached hydrogen (secondary N) is 1. The highest BCUT2D eigenvalue weighted by Crippen LogP contribution is 2.38. The largest absolute Gasteiger partial charge is 0.502 e. The number of amides is 2. The molecule has 7 nitrogen and oxygen atoms in total. The maximum Gasteiger partial charge on any atom is 0.270 e. The molecule has 2 N–H and O–H groups in total. The summed E-state index contributed by atoms with van der Waals surface area (Å²) in [5, 5.41) is 12.3. The number of hydrogen-bond acceptors (Lipinski definition) is 6. The molecule has 0 bridgehead atoms. The van der Waals surface area contributed by atoms with E-state index in [0.29, 0.717) is 5.56 Å². The highest BCUT2D eigenvalue weighted by atomic mass is 32.1. The second kappa shape index (κ2) is 7.65. The van der Waals surface area contributed by atoms with Crippen molar-refractivity contribution in [1.29, 1.82) is 0 Å². The Kier molecular flexibility index (Phi) is 5.27. The van der Waals surface area contributed by atoms with E-state index in [1.165, 1.54) is 50.6 Å². The predicted octanol–water partition coefficient (Wildman–Crippen LogP) is 2.38. The second-order valence-corrected chi connectivity index (χ2v) is 6.10. The number of nitrogens with zero attached hydrogens (tertiary/aromatic N) is 1. The summed E-state index contributed by atoms with van der Waals surface area (Å²) < 4.78 is 23.7. The molecule has 3 rings (SSSR count). The van der Waals surface area contributed by atoms with Crippen LogP contribution >= 0.6 is 12.2 Å². The minimum atomic E-state index is -0.717. The van der Waals surface area contributed by atoms with Crippen LogP contribution in [0.4, 0.5) is 10.1 Å². The van der Waals surface area contributed by atoms with Gasteiger partial charge in [0.2, 0.25) is 5.75 Å². The Hall–Kier alpha value is -3.46. The van der Waals surface area contributed by atoms with Crippen LogP contribution in [0.25, 0.3) is 6.08 Å². The van der Waals surface area contributed by atoms with Gasteiger partial charge in [-0.05, 0) is 54.2 Å². The monoisotopic (exact) mass is 402 g/mol. The summed E-state index contributed by atoms with van der Waals surface area (Å²) in [6.45, 7) is 0. The number of thiocarbonyl (C=S) groups is 1. The second-order valence-electron chi connectivity index (χ2n) is 5.71. The van der Waals surface area contributed by atoms with Crippen molar-refractivity contribution < 1.29 is 28.6 Å². The average Bonchev–Trinajstić information content (AvgIpc) is 2.66. The van der Waals surface area contributed by atoms with Crippen LogP contribution in [0.2, 0.25) is 0 Å². The van der Waals surface area contributed by atoms with Crippen LogP contribution in [0.1, 0.15) is 5.56 Å². The molecule has 0 aromatic heterocycles. The summed E-state index contributed by atoms with van der Waals surface area (Å²) in [6, 6.07) is 8.15. The fourth-order valence-corrected chi connectivity index (χ4v) is 2.95. The van der Waals surface area contributed by atoms with Crippen molar-refractivity contribution in [3.63, 3.8) is 0 Å². The molecule has 0 radical (unpaired) electrons. The van der Waals surface area contributed by atoms with Crippen LogP contribution in [0.5, 0.6) is 17.2 Å². The number of phenolic OH excluding ortho intramolecular Hbond substituents is 1. The molecule has 0 spiro atoms. The summed E-state index contributed by atoms with van der Waals surface area (Å²) in [4.78, 5) is 26.3. The third-order valence-corrected chi connectivity index (χ3v) is 4.27. The molecule has 0 atom stereocenters. The number of methoxy groups -OCH3 is 2. The summed E-state index contributed by atoms with van der Waals surface area (Å²) in [6.07, 6.45) is 1.30. The Labute approximate surface area is 165 Å². The van der Waals surface area contributed by atoms with Gasteiger partial charge >= 0.3 is 0 Å². The third kappa shape index (κ3) is 3.52. The Morgan fingerprint density at radius 2 is 1.79 bits per heavy atom. The number of hydrogen-bond donors (Lipinski definition) is 2. The fourth-order valence-electron chi connectivity index (χ4n) is 2.67. The topological polar surface area (TPSA) is 88.1 Å². The van der Waals surface area contributed by atoms with E-state index in [-0.39, 0.29) is 33.6 Å². The average molecular weight is 402 g/mol. The van der Waals surface area contributed by atoms with Crippen molar-refractivity contribution in [2.45, 2.75) is 0 Å². The Balaban J connectivity index is 2.07. The van der Waals surface area contributed by atoms with E-state index in [4.69, 9.17) is 21.7 Å².